The van der Waals surface area contributed by atoms with Crippen LogP contribution in [0.5, 0.6) is 5.88 Å². The van der Waals surface area contributed by atoms with Crippen LogP contribution < -0.4 is 4.84 Å². The van der Waals surface area contributed by atoms with Crippen LogP contribution in [0, 0.1) is 0 Å². The largest absolute Gasteiger partial charge is 0.462 e. The van der Waals surface area contributed by atoms with Gasteiger partial charge in [0, 0.05) is 0 Å². The zero-order valence-corrected chi connectivity index (χ0v) is 14.2. The quantitative estimate of drug-likeness (QED) is 0.346. The summed E-state index contributed by atoms with van der Waals surface area (Å²) in [5.74, 6) is -2.17. The van der Waals surface area contributed by atoms with Gasteiger partial charge in [0.25, 0.3) is 17.7 Å². The van der Waals surface area contributed by atoms with Gasteiger partial charge in [-0.05, 0) is 25.3 Å². The maximum absolute atomic E-state index is 12.4. The molecule has 9 heteroatoms. The fraction of sp³-hybridized carbons (Fsp3) is 0.188. The molecule has 0 saturated carbocycles. The molecule has 1 aliphatic rings. The Bertz CT molecular complexity index is 836. The van der Waals surface area contributed by atoms with Crippen molar-refractivity contribution in [3.8, 4) is 5.88 Å². The zero-order chi connectivity index (χ0) is 18.0. The minimum absolute atomic E-state index is 0.0730. The second-order valence-electron chi connectivity index (χ2n) is 4.84. The van der Waals surface area contributed by atoms with Crippen LogP contribution in [-0.2, 0) is 4.74 Å². The van der Waals surface area contributed by atoms with Crippen LogP contribution in [0.25, 0.3) is 0 Å². The van der Waals surface area contributed by atoms with E-state index in [1.54, 1.807) is 25.3 Å². The van der Waals surface area contributed by atoms with Gasteiger partial charge in [-0.3, -0.25) is 9.59 Å². The van der Waals surface area contributed by atoms with E-state index in [4.69, 9.17) is 9.57 Å². The smallest absolute Gasteiger partial charge is 0.345 e. The summed E-state index contributed by atoms with van der Waals surface area (Å²) in [7, 11) is 0. The number of amides is 2. The van der Waals surface area contributed by atoms with Crippen LogP contribution in [0.1, 0.15) is 38.0 Å². The Labute approximate surface area is 147 Å². The number of hydrogen-bond donors (Lipinski definition) is 0. The molecule has 3 rings (SSSR count). The minimum atomic E-state index is -0.707. The van der Waals surface area contributed by atoms with Crippen LogP contribution in [0.4, 0.5) is 0 Å². The number of hydroxylamine groups is 2. The number of imide groups is 1. The first-order valence-corrected chi connectivity index (χ1v) is 8.53. The summed E-state index contributed by atoms with van der Waals surface area (Å²) in [6, 6.07) is 6.35. The fourth-order valence-electron chi connectivity index (χ4n) is 2.20. The van der Waals surface area contributed by atoms with Gasteiger partial charge in [-0.15, -0.1) is 0 Å². The van der Waals surface area contributed by atoms with Gasteiger partial charge in [0.05, 0.1) is 23.9 Å². The van der Waals surface area contributed by atoms with E-state index in [1.807, 2.05) is 0 Å². The highest BCUT2D eigenvalue weighted by molar-refractivity contribution is 7.98. The van der Waals surface area contributed by atoms with Gasteiger partial charge in [0.1, 0.15) is 5.56 Å². The van der Waals surface area contributed by atoms with Crippen molar-refractivity contribution in [2.45, 2.75) is 12.1 Å². The number of carbonyl (C=O) groups excluding carboxylic acids is 3. The number of rotatable bonds is 5. The lowest BCUT2D eigenvalue weighted by Crippen LogP contribution is -2.34. The average molecular weight is 359 g/mol. The maximum atomic E-state index is 12.4. The van der Waals surface area contributed by atoms with E-state index in [1.165, 1.54) is 30.1 Å². The highest BCUT2D eigenvalue weighted by atomic mass is 32.2. The molecule has 8 nitrogen and oxygen atoms in total. The molecule has 0 atom stereocenters. The summed E-state index contributed by atoms with van der Waals surface area (Å²) in [4.78, 5) is 50.3. The lowest BCUT2D eigenvalue weighted by Gasteiger charge is -2.15. The molecule has 0 bridgehead atoms. The third kappa shape index (κ3) is 3.05. The van der Waals surface area contributed by atoms with E-state index in [9.17, 15) is 14.4 Å². The summed E-state index contributed by atoms with van der Waals surface area (Å²) in [5, 5.41) is 0.902. The monoisotopic (exact) mass is 359 g/mol. The van der Waals surface area contributed by atoms with Crippen molar-refractivity contribution < 1.29 is 24.0 Å². The lowest BCUT2D eigenvalue weighted by atomic mass is 10.1. The molecule has 25 heavy (non-hydrogen) atoms. The first kappa shape index (κ1) is 16.9. The molecule has 0 radical (unpaired) electrons. The van der Waals surface area contributed by atoms with Gasteiger partial charge >= 0.3 is 5.97 Å². The van der Waals surface area contributed by atoms with E-state index in [-0.39, 0.29) is 29.2 Å². The summed E-state index contributed by atoms with van der Waals surface area (Å²) < 4.78 is 4.93. The molecular formula is C16H13N3O5S. The molecular weight excluding hydrogens is 346 g/mol. The lowest BCUT2D eigenvalue weighted by molar-refractivity contribution is -0.0182. The average Bonchev–Trinajstić information content (AvgIpc) is 2.87. The number of esters is 1. The standard InChI is InChI=1S/C16H13N3O5S/c1-3-23-15(22)11-8-17-16(25-2)18-12(11)24-19-13(20)9-6-4-5-7-10(9)14(19)21/h4-8H,3H2,1-2H3. The van der Waals surface area contributed by atoms with Crippen molar-refractivity contribution in [3.63, 3.8) is 0 Å². The van der Waals surface area contributed by atoms with E-state index >= 15 is 0 Å². The molecule has 2 heterocycles. The van der Waals surface area contributed by atoms with Crippen molar-refractivity contribution >= 4 is 29.5 Å². The Balaban J connectivity index is 1.96. The molecule has 1 aromatic carbocycles. The van der Waals surface area contributed by atoms with E-state index in [0.717, 1.165) is 0 Å². The third-order valence-corrected chi connectivity index (χ3v) is 3.91. The Morgan fingerprint density at radius 1 is 1.20 bits per heavy atom. The number of hydrogen-bond acceptors (Lipinski definition) is 8. The normalized spacial score (nSPS) is 13.0. The summed E-state index contributed by atoms with van der Waals surface area (Å²) in [6.07, 6.45) is 2.98. The highest BCUT2D eigenvalue weighted by Crippen LogP contribution is 2.26. The van der Waals surface area contributed by atoms with Crippen molar-refractivity contribution in [2.75, 3.05) is 12.9 Å². The van der Waals surface area contributed by atoms with Gasteiger partial charge in [-0.1, -0.05) is 29.0 Å². The predicted molar refractivity (Wildman–Crippen MR) is 87.3 cm³/mol. The number of nitrogens with zero attached hydrogens (tertiary/aromatic N) is 3. The van der Waals surface area contributed by atoms with Crippen molar-refractivity contribution in [2.24, 2.45) is 0 Å². The van der Waals surface area contributed by atoms with Crippen molar-refractivity contribution in [3.05, 3.63) is 47.2 Å². The number of fused-ring (bicyclic) bond motifs is 1. The molecule has 0 fully saturated rings. The van der Waals surface area contributed by atoms with Crippen molar-refractivity contribution in [1.82, 2.24) is 15.0 Å². The zero-order valence-electron chi connectivity index (χ0n) is 13.4. The molecule has 0 spiro atoms. The highest BCUT2D eigenvalue weighted by Gasteiger charge is 2.38. The third-order valence-electron chi connectivity index (χ3n) is 3.34. The molecule has 2 aromatic rings. The second kappa shape index (κ2) is 6.89. The molecule has 0 N–H and O–H groups in total. The summed E-state index contributed by atoms with van der Waals surface area (Å²) >= 11 is 1.22. The molecule has 1 aromatic heterocycles. The SMILES string of the molecule is CCOC(=O)c1cnc(SC)nc1ON1C(=O)c2ccccc2C1=O. The summed E-state index contributed by atoms with van der Waals surface area (Å²) in [5.41, 5.74) is 0.380. The van der Waals surface area contributed by atoms with E-state index < -0.39 is 17.8 Å². The Kier molecular flexibility index (Phi) is 4.66. The van der Waals surface area contributed by atoms with Crippen LogP contribution in [0.15, 0.2) is 35.6 Å². The number of aromatic nitrogens is 2. The maximum Gasteiger partial charge on any atom is 0.345 e. The number of benzene rings is 1. The van der Waals surface area contributed by atoms with E-state index in [2.05, 4.69) is 9.97 Å². The number of thioether (sulfide) groups is 1. The van der Waals surface area contributed by atoms with Gasteiger partial charge in [0.2, 0.25) is 0 Å². The minimum Gasteiger partial charge on any atom is -0.462 e. The van der Waals surface area contributed by atoms with Gasteiger partial charge in [-0.25, -0.2) is 9.78 Å². The Morgan fingerprint density at radius 3 is 2.40 bits per heavy atom. The molecule has 0 unspecified atom stereocenters. The first-order valence-electron chi connectivity index (χ1n) is 7.30. The molecule has 2 amide bonds. The molecule has 0 saturated heterocycles. The van der Waals surface area contributed by atoms with Crippen molar-refractivity contribution in [1.29, 1.82) is 0 Å². The predicted octanol–water partition coefficient (Wildman–Crippen LogP) is 1.97. The number of ether oxygens (including phenoxy) is 1. The second-order valence-corrected chi connectivity index (χ2v) is 5.61. The topological polar surface area (TPSA) is 98.7 Å². The van der Waals surface area contributed by atoms with Gasteiger partial charge in [0.15, 0.2) is 5.16 Å². The van der Waals surface area contributed by atoms with Gasteiger partial charge in [-0.2, -0.15) is 4.98 Å². The van der Waals surface area contributed by atoms with Crippen LogP contribution in [0.2, 0.25) is 0 Å². The Hall–Kier alpha value is -2.94. The van der Waals surface area contributed by atoms with Crippen LogP contribution >= 0.6 is 11.8 Å². The fourth-order valence-corrected chi connectivity index (χ4v) is 2.54. The molecule has 0 aliphatic carbocycles. The van der Waals surface area contributed by atoms with E-state index in [0.29, 0.717) is 10.2 Å². The molecule has 128 valence electrons. The van der Waals surface area contributed by atoms with Gasteiger partial charge < -0.3 is 9.57 Å². The first-order chi connectivity index (χ1) is 12.1. The summed E-state index contributed by atoms with van der Waals surface area (Å²) in [6.45, 7) is 1.80. The van der Waals surface area contributed by atoms with Crippen LogP contribution in [0.3, 0.4) is 0 Å². The number of carbonyl (C=O) groups is 3. The molecule has 1 aliphatic heterocycles. The van der Waals surface area contributed by atoms with Crippen LogP contribution in [-0.4, -0.2) is 45.7 Å². The Morgan fingerprint density at radius 2 is 1.84 bits per heavy atom.